The lowest BCUT2D eigenvalue weighted by atomic mass is 10.0. The van der Waals surface area contributed by atoms with Crippen LogP contribution in [0.1, 0.15) is 39.3 Å². The number of thiophene rings is 1. The van der Waals surface area contributed by atoms with Gasteiger partial charge in [0.25, 0.3) is 5.91 Å². The summed E-state index contributed by atoms with van der Waals surface area (Å²) in [5.74, 6) is -0.411. The van der Waals surface area contributed by atoms with Gasteiger partial charge in [-0.05, 0) is 48.7 Å². The fourth-order valence-corrected chi connectivity index (χ4v) is 4.22. The average molecular weight is 450 g/mol. The van der Waals surface area contributed by atoms with E-state index < -0.39 is 6.04 Å². The van der Waals surface area contributed by atoms with Crippen LogP contribution in [0.15, 0.2) is 72.1 Å². The van der Waals surface area contributed by atoms with Crippen LogP contribution in [0.3, 0.4) is 0 Å². The molecule has 0 aliphatic carbocycles. The third-order valence-corrected chi connectivity index (χ3v) is 6.38. The molecule has 0 unspecified atom stereocenters. The molecule has 168 valence electrons. The Morgan fingerprint density at radius 3 is 2.25 bits per heavy atom. The van der Waals surface area contributed by atoms with Gasteiger partial charge in [0.15, 0.2) is 0 Å². The molecule has 3 aromatic rings. The normalized spacial score (nSPS) is 12.9. The first-order chi connectivity index (χ1) is 15.5. The van der Waals surface area contributed by atoms with E-state index >= 15 is 0 Å². The van der Waals surface area contributed by atoms with Crippen LogP contribution in [0.4, 0.5) is 0 Å². The summed E-state index contributed by atoms with van der Waals surface area (Å²) in [4.78, 5) is 28.5. The summed E-state index contributed by atoms with van der Waals surface area (Å²) in [5.41, 5.74) is 3.43. The van der Waals surface area contributed by atoms with E-state index in [1.165, 1.54) is 16.9 Å². The van der Waals surface area contributed by atoms with Gasteiger partial charge in [-0.1, -0.05) is 67.6 Å². The standard InChI is InChI=1S/C26H31N3O2S/c1-4-19-12-14-21(15-13-19)23(29(2)3)18-27-25(30)22(17-20-9-6-5-7-10-20)28-26(31)24-11-8-16-32-24/h5-16,22-23H,4,17-18H2,1-3H3,(H,27,30)(H,28,31)/t22-,23+/m0/s1. The first-order valence-corrected chi connectivity index (χ1v) is 11.8. The fourth-order valence-electron chi connectivity index (χ4n) is 3.59. The van der Waals surface area contributed by atoms with E-state index in [4.69, 9.17) is 0 Å². The summed E-state index contributed by atoms with van der Waals surface area (Å²) in [6.07, 6.45) is 1.43. The molecule has 1 aromatic heterocycles. The summed E-state index contributed by atoms with van der Waals surface area (Å²) >= 11 is 1.36. The van der Waals surface area contributed by atoms with E-state index in [1.807, 2.05) is 55.9 Å². The summed E-state index contributed by atoms with van der Waals surface area (Å²) in [6.45, 7) is 2.59. The predicted molar refractivity (Wildman–Crippen MR) is 131 cm³/mol. The molecule has 32 heavy (non-hydrogen) atoms. The summed E-state index contributed by atoms with van der Waals surface area (Å²) < 4.78 is 0. The number of benzene rings is 2. The van der Waals surface area contributed by atoms with Gasteiger partial charge < -0.3 is 15.5 Å². The molecule has 0 saturated carbocycles. The summed E-state index contributed by atoms with van der Waals surface area (Å²) in [5, 5.41) is 7.85. The minimum atomic E-state index is -0.655. The Bertz CT molecular complexity index is 986. The minimum absolute atomic E-state index is 0.0372. The number of likely N-dealkylation sites (N-methyl/N-ethyl adjacent to an activating group) is 1. The van der Waals surface area contributed by atoms with E-state index in [-0.39, 0.29) is 17.9 Å². The van der Waals surface area contributed by atoms with Crippen molar-refractivity contribution in [2.24, 2.45) is 0 Å². The molecule has 0 radical (unpaired) electrons. The van der Waals surface area contributed by atoms with Crippen molar-refractivity contribution in [2.75, 3.05) is 20.6 Å². The Kier molecular flexibility index (Phi) is 8.59. The van der Waals surface area contributed by atoms with E-state index in [9.17, 15) is 9.59 Å². The highest BCUT2D eigenvalue weighted by Gasteiger charge is 2.24. The van der Waals surface area contributed by atoms with Crippen molar-refractivity contribution in [2.45, 2.75) is 31.8 Å². The number of aryl methyl sites for hydroxylation is 1. The maximum absolute atomic E-state index is 13.2. The van der Waals surface area contributed by atoms with Crippen molar-refractivity contribution in [1.82, 2.24) is 15.5 Å². The molecular weight excluding hydrogens is 418 g/mol. The Morgan fingerprint density at radius 2 is 1.66 bits per heavy atom. The second-order valence-electron chi connectivity index (χ2n) is 8.01. The Hall–Kier alpha value is -2.96. The topological polar surface area (TPSA) is 61.4 Å². The van der Waals surface area contributed by atoms with Gasteiger partial charge in [-0.3, -0.25) is 9.59 Å². The molecule has 0 spiro atoms. The average Bonchev–Trinajstić information content (AvgIpc) is 3.35. The molecule has 1 heterocycles. The lowest BCUT2D eigenvalue weighted by Gasteiger charge is -2.27. The van der Waals surface area contributed by atoms with Gasteiger partial charge in [0.05, 0.1) is 10.9 Å². The fraction of sp³-hybridized carbons (Fsp3) is 0.308. The largest absolute Gasteiger partial charge is 0.352 e. The number of amides is 2. The van der Waals surface area contributed by atoms with Gasteiger partial charge in [-0.2, -0.15) is 0 Å². The monoisotopic (exact) mass is 449 g/mol. The first kappa shape index (κ1) is 23.7. The van der Waals surface area contributed by atoms with Crippen LogP contribution in [0.25, 0.3) is 0 Å². The third-order valence-electron chi connectivity index (χ3n) is 5.52. The lowest BCUT2D eigenvalue weighted by molar-refractivity contribution is -0.123. The quantitative estimate of drug-likeness (QED) is 0.491. The van der Waals surface area contributed by atoms with Crippen molar-refractivity contribution in [1.29, 1.82) is 0 Å². The highest BCUT2D eigenvalue weighted by Crippen LogP contribution is 2.18. The van der Waals surface area contributed by atoms with Crippen molar-refractivity contribution < 1.29 is 9.59 Å². The highest BCUT2D eigenvalue weighted by atomic mass is 32.1. The number of carbonyl (C=O) groups excluding carboxylic acids is 2. The zero-order valence-electron chi connectivity index (χ0n) is 18.9. The highest BCUT2D eigenvalue weighted by molar-refractivity contribution is 7.12. The second kappa shape index (κ2) is 11.6. The van der Waals surface area contributed by atoms with Crippen LogP contribution in [0.5, 0.6) is 0 Å². The zero-order valence-corrected chi connectivity index (χ0v) is 19.7. The van der Waals surface area contributed by atoms with Crippen molar-refractivity contribution in [3.05, 3.63) is 93.7 Å². The van der Waals surface area contributed by atoms with Crippen LogP contribution in [0, 0.1) is 0 Å². The van der Waals surface area contributed by atoms with Crippen LogP contribution < -0.4 is 10.6 Å². The van der Waals surface area contributed by atoms with Crippen LogP contribution in [-0.4, -0.2) is 43.4 Å². The molecule has 0 bridgehead atoms. The molecule has 5 nitrogen and oxygen atoms in total. The van der Waals surface area contributed by atoms with E-state index in [0.717, 1.165) is 17.5 Å². The van der Waals surface area contributed by atoms with Crippen LogP contribution in [0.2, 0.25) is 0 Å². The van der Waals surface area contributed by atoms with Gasteiger partial charge in [0.2, 0.25) is 5.91 Å². The number of nitrogens with zero attached hydrogens (tertiary/aromatic N) is 1. The Balaban J connectivity index is 1.71. The van der Waals surface area contributed by atoms with E-state index in [2.05, 4.69) is 46.7 Å². The molecular formula is C26H31N3O2S. The molecule has 0 saturated heterocycles. The van der Waals surface area contributed by atoms with Crippen LogP contribution in [-0.2, 0) is 17.6 Å². The molecule has 2 amide bonds. The Labute approximate surface area is 194 Å². The molecule has 0 aliphatic rings. The molecule has 2 aromatic carbocycles. The Morgan fingerprint density at radius 1 is 0.938 bits per heavy atom. The van der Waals surface area contributed by atoms with Gasteiger partial charge >= 0.3 is 0 Å². The van der Waals surface area contributed by atoms with E-state index in [1.54, 1.807) is 6.07 Å². The third kappa shape index (κ3) is 6.52. The molecule has 2 N–H and O–H groups in total. The smallest absolute Gasteiger partial charge is 0.262 e. The molecule has 6 heteroatoms. The number of carbonyl (C=O) groups is 2. The number of rotatable bonds is 10. The second-order valence-corrected chi connectivity index (χ2v) is 8.96. The number of hydrogen-bond acceptors (Lipinski definition) is 4. The number of hydrogen-bond donors (Lipinski definition) is 2. The maximum atomic E-state index is 13.2. The minimum Gasteiger partial charge on any atom is -0.352 e. The molecule has 0 aliphatic heterocycles. The van der Waals surface area contributed by atoms with Gasteiger partial charge in [-0.25, -0.2) is 0 Å². The molecule has 0 fully saturated rings. The molecule has 2 atom stereocenters. The zero-order chi connectivity index (χ0) is 22.9. The molecule has 3 rings (SSSR count). The van der Waals surface area contributed by atoms with Crippen molar-refractivity contribution in [3.8, 4) is 0 Å². The van der Waals surface area contributed by atoms with Gasteiger partial charge in [-0.15, -0.1) is 11.3 Å². The van der Waals surface area contributed by atoms with E-state index in [0.29, 0.717) is 17.8 Å². The predicted octanol–water partition coefficient (Wildman–Crippen LogP) is 4.07. The summed E-state index contributed by atoms with van der Waals surface area (Å²) in [7, 11) is 4.01. The van der Waals surface area contributed by atoms with Crippen molar-refractivity contribution >= 4 is 23.2 Å². The lowest BCUT2D eigenvalue weighted by Crippen LogP contribution is -2.49. The summed E-state index contributed by atoms with van der Waals surface area (Å²) in [6, 6.07) is 21.2. The first-order valence-electron chi connectivity index (χ1n) is 10.9. The van der Waals surface area contributed by atoms with Crippen molar-refractivity contribution in [3.63, 3.8) is 0 Å². The maximum Gasteiger partial charge on any atom is 0.262 e. The van der Waals surface area contributed by atoms with Crippen LogP contribution >= 0.6 is 11.3 Å². The van der Waals surface area contributed by atoms with Gasteiger partial charge in [0, 0.05) is 13.0 Å². The SMILES string of the molecule is CCc1ccc([C@@H](CNC(=O)[C@H](Cc2ccccc2)NC(=O)c2cccs2)N(C)C)cc1. The number of nitrogens with one attached hydrogen (secondary N) is 2. The van der Waals surface area contributed by atoms with Gasteiger partial charge in [0.1, 0.15) is 6.04 Å².